The molecule has 0 bridgehead atoms. The van der Waals surface area contributed by atoms with Crippen molar-refractivity contribution in [3.05, 3.63) is 29.8 Å². The van der Waals surface area contributed by atoms with Gasteiger partial charge in [0, 0.05) is 5.69 Å². The van der Waals surface area contributed by atoms with E-state index in [1.54, 1.807) is 20.8 Å². The van der Waals surface area contributed by atoms with Crippen LogP contribution in [0.4, 0.5) is 5.69 Å². The lowest BCUT2D eigenvalue weighted by atomic mass is 10.2. The molecule has 0 fully saturated rings. The molecule has 1 N–H and O–H groups in total. The molecule has 0 aliphatic rings. The van der Waals surface area contributed by atoms with Gasteiger partial charge in [0.25, 0.3) is 0 Å². The Kier molecular flexibility index (Phi) is 6.07. The number of carbonyl (C=O) groups excluding carboxylic acids is 2. The highest BCUT2D eigenvalue weighted by Gasteiger charge is 2.30. The maximum absolute atomic E-state index is 11.9. The summed E-state index contributed by atoms with van der Waals surface area (Å²) < 4.78 is 4.26. The quantitative estimate of drug-likeness (QED) is 0.820. The van der Waals surface area contributed by atoms with Crippen molar-refractivity contribution in [3.63, 3.8) is 0 Å². The first-order chi connectivity index (χ1) is 9.35. The van der Waals surface area contributed by atoms with Crippen molar-refractivity contribution in [1.29, 1.82) is 0 Å². The minimum Gasteiger partial charge on any atom is -0.465 e. The van der Waals surface area contributed by atoms with Crippen LogP contribution in [0.25, 0.3) is 0 Å². The Balaban J connectivity index is 2.49. The SMILES string of the molecule is CCOC(=O)C(C)(C)SCC(=O)Nc1cccc(C)c1. The largest absolute Gasteiger partial charge is 0.465 e. The van der Waals surface area contributed by atoms with Gasteiger partial charge in [0.05, 0.1) is 12.4 Å². The molecule has 0 aliphatic heterocycles. The van der Waals surface area contributed by atoms with E-state index in [1.165, 1.54) is 11.8 Å². The number of aryl methyl sites for hydroxylation is 1. The van der Waals surface area contributed by atoms with E-state index in [0.29, 0.717) is 6.61 Å². The first-order valence-corrected chi connectivity index (χ1v) is 7.51. The molecule has 0 saturated carbocycles. The number of anilines is 1. The lowest BCUT2D eigenvalue weighted by Crippen LogP contribution is -2.32. The van der Waals surface area contributed by atoms with Crippen LogP contribution in [-0.4, -0.2) is 29.0 Å². The summed E-state index contributed by atoms with van der Waals surface area (Å²) in [4.78, 5) is 23.6. The number of benzene rings is 1. The molecule has 1 rings (SSSR count). The van der Waals surface area contributed by atoms with Crippen LogP contribution >= 0.6 is 11.8 Å². The van der Waals surface area contributed by atoms with E-state index in [1.807, 2.05) is 31.2 Å². The third-order valence-electron chi connectivity index (χ3n) is 2.63. The first kappa shape index (κ1) is 16.6. The summed E-state index contributed by atoms with van der Waals surface area (Å²) in [5.74, 6) is -0.217. The molecule has 0 aliphatic carbocycles. The minimum atomic E-state index is -0.722. The van der Waals surface area contributed by atoms with E-state index in [2.05, 4.69) is 5.32 Å². The molecule has 1 amide bonds. The number of ether oxygens (including phenoxy) is 1. The van der Waals surface area contributed by atoms with E-state index < -0.39 is 4.75 Å². The van der Waals surface area contributed by atoms with E-state index in [9.17, 15) is 9.59 Å². The molecule has 4 nitrogen and oxygen atoms in total. The van der Waals surface area contributed by atoms with Gasteiger partial charge in [0.2, 0.25) is 5.91 Å². The van der Waals surface area contributed by atoms with Gasteiger partial charge in [-0.2, -0.15) is 0 Å². The van der Waals surface area contributed by atoms with Crippen LogP contribution < -0.4 is 5.32 Å². The summed E-state index contributed by atoms with van der Waals surface area (Å²) in [7, 11) is 0. The van der Waals surface area contributed by atoms with Gasteiger partial charge in [0.15, 0.2) is 0 Å². The molecule has 1 aromatic carbocycles. The smallest absolute Gasteiger partial charge is 0.321 e. The van der Waals surface area contributed by atoms with E-state index in [-0.39, 0.29) is 17.6 Å². The van der Waals surface area contributed by atoms with Gasteiger partial charge in [-0.05, 0) is 45.4 Å². The van der Waals surface area contributed by atoms with Gasteiger partial charge < -0.3 is 10.1 Å². The van der Waals surface area contributed by atoms with Crippen molar-refractivity contribution in [2.24, 2.45) is 0 Å². The molecule has 0 heterocycles. The van der Waals surface area contributed by atoms with Crippen molar-refractivity contribution in [2.75, 3.05) is 17.7 Å². The lowest BCUT2D eigenvalue weighted by Gasteiger charge is -2.21. The van der Waals surface area contributed by atoms with Gasteiger partial charge in [-0.15, -0.1) is 11.8 Å². The number of nitrogens with one attached hydrogen (secondary N) is 1. The highest BCUT2D eigenvalue weighted by molar-refractivity contribution is 8.02. The fourth-order valence-electron chi connectivity index (χ4n) is 1.53. The van der Waals surface area contributed by atoms with Crippen LogP contribution in [0.2, 0.25) is 0 Å². The third-order valence-corrected chi connectivity index (χ3v) is 3.93. The zero-order chi connectivity index (χ0) is 15.2. The number of amides is 1. The van der Waals surface area contributed by atoms with E-state index >= 15 is 0 Å². The van der Waals surface area contributed by atoms with Crippen LogP contribution in [0, 0.1) is 6.92 Å². The topological polar surface area (TPSA) is 55.4 Å². The van der Waals surface area contributed by atoms with Crippen LogP contribution in [0.5, 0.6) is 0 Å². The van der Waals surface area contributed by atoms with Crippen molar-refractivity contribution in [1.82, 2.24) is 0 Å². The number of thioether (sulfide) groups is 1. The number of rotatable bonds is 6. The predicted molar refractivity (Wildman–Crippen MR) is 83.0 cm³/mol. The summed E-state index contributed by atoms with van der Waals surface area (Å²) in [5.41, 5.74) is 1.85. The second-order valence-corrected chi connectivity index (χ2v) is 6.54. The molecule has 0 atom stereocenters. The Labute approximate surface area is 124 Å². The zero-order valence-electron chi connectivity index (χ0n) is 12.4. The second kappa shape index (κ2) is 7.33. The molecule has 0 unspecified atom stereocenters. The summed E-state index contributed by atoms with van der Waals surface area (Å²) in [5, 5.41) is 2.81. The lowest BCUT2D eigenvalue weighted by molar-refractivity contribution is -0.145. The monoisotopic (exact) mass is 295 g/mol. The van der Waals surface area contributed by atoms with Crippen molar-refractivity contribution in [2.45, 2.75) is 32.4 Å². The maximum atomic E-state index is 11.9. The molecule has 5 heteroatoms. The average Bonchev–Trinajstić information content (AvgIpc) is 2.37. The molecule has 20 heavy (non-hydrogen) atoms. The van der Waals surface area contributed by atoms with Crippen LogP contribution in [-0.2, 0) is 14.3 Å². The van der Waals surface area contributed by atoms with Crippen molar-refractivity contribution < 1.29 is 14.3 Å². The molecule has 0 radical (unpaired) electrons. The van der Waals surface area contributed by atoms with Gasteiger partial charge >= 0.3 is 5.97 Å². The third kappa shape index (κ3) is 5.25. The van der Waals surface area contributed by atoms with Gasteiger partial charge in [0.1, 0.15) is 4.75 Å². The molecule has 0 aromatic heterocycles. The highest BCUT2D eigenvalue weighted by atomic mass is 32.2. The summed E-state index contributed by atoms with van der Waals surface area (Å²) in [6, 6.07) is 7.60. The van der Waals surface area contributed by atoms with Gasteiger partial charge in [-0.25, -0.2) is 0 Å². The molecular weight excluding hydrogens is 274 g/mol. The van der Waals surface area contributed by atoms with E-state index in [0.717, 1.165) is 11.3 Å². The molecule has 0 spiro atoms. The minimum absolute atomic E-state index is 0.127. The molecule has 0 saturated heterocycles. The maximum Gasteiger partial charge on any atom is 0.321 e. The van der Waals surface area contributed by atoms with E-state index in [4.69, 9.17) is 4.74 Å². The number of hydrogen-bond acceptors (Lipinski definition) is 4. The predicted octanol–water partition coefficient (Wildman–Crippen LogP) is 3.01. The summed E-state index contributed by atoms with van der Waals surface area (Å²) in [6.45, 7) is 7.60. The van der Waals surface area contributed by atoms with Gasteiger partial charge in [-0.1, -0.05) is 12.1 Å². The number of carbonyl (C=O) groups is 2. The Morgan fingerprint density at radius 3 is 2.65 bits per heavy atom. The number of esters is 1. The van der Waals surface area contributed by atoms with Crippen LogP contribution in [0.3, 0.4) is 0 Å². The Hall–Kier alpha value is -1.49. The Morgan fingerprint density at radius 1 is 1.35 bits per heavy atom. The molecule has 1 aromatic rings. The summed E-state index contributed by atoms with van der Waals surface area (Å²) in [6.07, 6.45) is 0. The normalized spacial score (nSPS) is 11.0. The fraction of sp³-hybridized carbons (Fsp3) is 0.467. The van der Waals surface area contributed by atoms with Crippen molar-refractivity contribution >= 4 is 29.3 Å². The molecular formula is C15H21NO3S. The summed E-state index contributed by atoms with van der Waals surface area (Å²) >= 11 is 1.27. The Morgan fingerprint density at radius 2 is 2.05 bits per heavy atom. The van der Waals surface area contributed by atoms with Gasteiger partial charge in [-0.3, -0.25) is 9.59 Å². The zero-order valence-corrected chi connectivity index (χ0v) is 13.2. The number of hydrogen-bond donors (Lipinski definition) is 1. The fourth-order valence-corrected chi connectivity index (χ4v) is 2.27. The van der Waals surface area contributed by atoms with Crippen molar-refractivity contribution in [3.8, 4) is 0 Å². The average molecular weight is 295 g/mol. The second-order valence-electron chi connectivity index (χ2n) is 4.94. The first-order valence-electron chi connectivity index (χ1n) is 6.53. The molecule has 110 valence electrons. The van der Waals surface area contributed by atoms with Crippen LogP contribution in [0.15, 0.2) is 24.3 Å². The Bertz CT molecular complexity index is 486. The standard InChI is InChI=1S/C15H21NO3S/c1-5-19-14(18)15(3,4)20-10-13(17)16-12-8-6-7-11(2)9-12/h6-9H,5,10H2,1-4H3,(H,16,17). The van der Waals surface area contributed by atoms with Crippen LogP contribution in [0.1, 0.15) is 26.3 Å². The highest BCUT2D eigenvalue weighted by Crippen LogP contribution is 2.26.